The van der Waals surface area contributed by atoms with E-state index in [0.29, 0.717) is 31.0 Å². The largest absolute Gasteiger partial charge is 0.497 e. The van der Waals surface area contributed by atoms with E-state index in [2.05, 4.69) is 10.3 Å². The first-order chi connectivity index (χ1) is 15.2. The van der Waals surface area contributed by atoms with Crippen molar-refractivity contribution in [2.24, 2.45) is 0 Å². The number of aromatic nitrogens is 1. The van der Waals surface area contributed by atoms with Crippen LogP contribution in [0.2, 0.25) is 0 Å². The standard InChI is InChI=1S/C24H27N3O3S/c1-3-30-22-10-5-4-9-20(22)24(28)27-13-11-26(12-14-27)16-23-25-21(17-31-23)18-7-6-8-19(15-18)29-2/h4-10,15,17H,3,11-14,16H2,1-2H3. The van der Waals surface area contributed by atoms with Gasteiger partial charge < -0.3 is 14.4 Å². The highest BCUT2D eigenvalue weighted by atomic mass is 32.1. The summed E-state index contributed by atoms with van der Waals surface area (Å²) >= 11 is 1.67. The normalized spacial score (nSPS) is 14.5. The Hall–Kier alpha value is -2.90. The molecule has 1 amide bonds. The number of amides is 1. The van der Waals surface area contributed by atoms with Crippen LogP contribution in [0, 0.1) is 0 Å². The van der Waals surface area contributed by atoms with Gasteiger partial charge in [-0.25, -0.2) is 4.98 Å². The Morgan fingerprint density at radius 1 is 1.10 bits per heavy atom. The van der Waals surface area contributed by atoms with Crippen LogP contribution < -0.4 is 9.47 Å². The molecule has 162 valence electrons. The molecule has 6 nitrogen and oxygen atoms in total. The van der Waals surface area contributed by atoms with E-state index in [1.807, 2.05) is 60.4 Å². The van der Waals surface area contributed by atoms with Crippen LogP contribution in [-0.4, -0.2) is 60.6 Å². The number of methoxy groups -OCH3 is 1. The lowest BCUT2D eigenvalue weighted by Crippen LogP contribution is -2.48. The highest BCUT2D eigenvalue weighted by molar-refractivity contribution is 7.09. The number of para-hydroxylation sites is 1. The van der Waals surface area contributed by atoms with Gasteiger partial charge in [-0.1, -0.05) is 24.3 Å². The van der Waals surface area contributed by atoms with Crippen molar-refractivity contribution < 1.29 is 14.3 Å². The highest BCUT2D eigenvalue weighted by Crippen LogP contribution is 2.26. The second kappa shape index (κ2) is 9.94. The maximum Gasteiger partial charge on any atom is 0.257 e. The third-order valence-corrected chi connectivity index (χ3v) is 6.19. The summed E-state index contributed by atoms with van der Waals surface area (Å²) in [4.78, 5) is 22.1. The number of piperazine rings is 1. The molecule has 0 aliphatic carbocycles. The van der Waals surface area contributed by atoms with Crippen LogP contribution in [0.5, 0.6) is 11.5 Å². The van der Waals surface area contributed by atoms with Crippen LogP contribution in [0.15, 0.2) is 53.9 Å². The average molecular weight is 438 g/mol. The molecule has 3 aromatic rings. The van der Waals surface area contributed by atoms with Gasteiger partial charge in [0, 0.05) is 37.1 Å². The van der Waals surface area contributed by atoms with Gasteiger partial charge >= 0.3 is 0 Å². The Morgan fingerprint density at radius 2 is 1.90 bits per heavy atom. The molecule has 2 heterocycles. The summed E-state index contributed by atoms with van der Waals surface area (Å²) in [5, 5.41) is 3.17. The monoisotopic (exact) mass is 437 g/mol. The molecule has 0 radical (unpaired) electrons. The number of rotatable bonds is 7. The van der Waals surface area contributed by atoms with Crippen molar-refractivity contribution in [1.29, 1.82) is 0 Å². The zero-order chi connectivity index (χ0) is 21.6. The first-order valence-corrected chi connectivity index (χ1v) is 11.4. The quantitative estimate of drug-likeness (QED) is 0.555. The molecule has 0 atom stereocenters. The number of ether oxygens (including phenoxy) is 2. The van der Waals surface area contributed by atoms with Gasteiger partial charge in [0.25, 0.3) is 5.91 Å². The number of hydrogen-bond donors (Lipinski definition) is 0. The van der Waals surface area contributed by atoms with Crippen molar-refractivity contribution in [3.63, 3.8) is 0 Å². The lowest BCUT2D eigenvalue weighted by Gasteiger charge is -2.34. The second-order valence-electron chi connectivity index (χ2n) is 7.36. The van der Waals surface area contributed by atoms with Gasteiger partial charge in [-0.2, -0.15) is 0 Å². The number of carbonyl (C=O) groups is 1. The van der Waals surface area contributed by atoms with Crippen molar-refractivity contribution in [1.82, 2.24) is 14.8 Å². The number of carbonyl (C=O) groups excluding carboxylic acids is 1. The van der Waals surface area contributed by atoms with E-state index in [-0.39, 0.29) is 5.91 Å². The molecule has 1 saturated heterocycles. The van der Waals surface area contributed by atoms with Crippen LogP contribution in [0.25, 0.3) is 11.3 Å². The Bertz CT molecular complexity index is 1030. The minimum Gasteiger partial charge on any atom is -0.497 e. The molecule has 0 N–H and O–H groups in total. The Balaban J connectivity index is 1.35. The van der Waals surface area contributed by atoms with Crippen LogP contribution in [0.4, 0.5) is 0 Å². The third-order valence-electron chi connectivity index (χ3n) is 5.35. The smallest absolute Gasteiger partial charge is 0.257 e. The SMILES string of the molecule is CCOc1ccccc1C(=O)N1CCN(Cc2nc(-c3cccc(OC)c3)cs2)CC1. The van der Waals surface area contributed by atoms with Crippen molar-refractivity contribution in [3.05, 3.63) is 64.5 Å². The topological polar surface area (TPSA) is 54.9 Å². The Morgan fingerprint density at radius 3 is 2.68 bits per heavy atom. The summed E-state index contributed by atoms with van der Waals surface area (Å²) < 4.78 is 10.9. The first kappa shape index (κ1) is 21.3. The van der Waals surface area contributed by atoms with Crippen LogP contribution in [0.3, 0.4) is 0 Å². The van der Waals surface area contributed by atoms with Gasteiger partial charge in [-0.15, -0.1) is 11.3 Å². The van der Waals surface area contributed by atoms with Crippen molar-refractivity contribution in [2.45, 2.75) is 13.5 Å². The summed E-state index contributed by atoms with van der Waals surface area (Å²) in [5.41, 5.74) is 2.67. The molecule has 1 aliphatic heterocycles. The highest BCUT2D eigenvalue weighted by Gasteiger charge is 2.24. The predicted octanol–water partition coefficient (Wildman–Crippen LogP) is 4.18. The van der Waals surface area contributed by atoms with Crippen molar-refractivity contribution in [2.75, 3.05) is 39.9 Å². The molecule has 1 aliphatic rings. The molecule has 1 aromatic heterocycles. The van der Waals surface area contributed by atoms with Gasteiger partial charge in [-0.3, -0.25) is 9.69 Å². The number of benzene rings is 2. The molecular formula is C24H27N3O3S. The van der Waals surface area contributed by atoms with Gasteiger partial charge in [-0.05, 0) is 31.2 Å². The molecule has 0 bridgehead atoms. The van der Waals surface area contributed by atoms with Crippen LogP contribution in [-0.2, 0) is 6.54 Å². The number of thiazole rings is 1. The fourth-order valence-corrected chi connectivity index (χ4v) is 4.54. The maximum atomic E-state index is 13.0. The van der Waals surface area contributed by atoms with E-state index in [1.165, 1.54) is 0 Å². The lowest BCUT2D eigenvalue weighted by molar-refractivity contribution is 0.0624. The number of hydrogen-bond acceptors (Lipinski definition) is 6. The van der Waals surface area contributed by atoms with E-state index in [1.54, 1.807) is 18.4 Å². The fraction of sp³-hybridized carbons (Fsp3) is 0.333. The summed E-state index contributed by atoms with van der Waals surface area (Å²) in [6.07, 6.45) is 0. The van der Waals surface area contributed by atoms with Gasteiger partial charge in [0.05, 0.1) is 31.5 Å². The lowest BCUT2D eigenvalue weighted by atomic mass is 10.1. The van der Waals surface area contributed by atoms with Crippen molar-refractivity contribution >= 4 is 17.2 Å². The van der Waals surface area contributed by atoms with Gasteiger partial charge in [0.15, 0.2) is 0 Å². The van der Waals surface area contributed by atoms with Crippen LogP contribution in [0.1, 0.15) is 22.3 Å². The maximum absolute atomic E-state index is 13.0. The minimum atomic E-state index is 0.0401. The molecule has 0 unspecified atom stereocenters. The molecule has 31 heavy (non-hydrogen) atoms. The molecule has 7 heteroatoms. The fourth-order valence-electron chi connectivity index (χ4n) is 3.69. The minimum absolute atomic E-state index is 0.0401. The third kappa shape index (κ3) is 5.06. The first-order valence-electron chi connectivity index (χ1n) is 10.5. The molecule has 4 rings (SSSR count). The summed E-state index contributed by atoms with van der Waals surface area (Å²) in [6, 6.07) is 15.4. The average Bonchev–Trinajstić information content (AvgIpc) is 3.28. The Labute approximate surface area is 187 Å². The molecular weight excluding hydrogens is 410 g/mol. The molecule has 0 saturated carbocycles. The summed E-state index contributed by atoms with van der Waals surface area (Å²) in [6.45, 7) is 6.34. The summed E-state index contributed by atoms with van der Waals surface area (Å²) in [5.74, 6) is 1.53. The van der Waals surface area contributed by atoms with Crippen LogP contribution >= 0.6 is 11.3 Å². The van der Waals surface area contributed by atoms with E-state index in [9.17, 15) is 4.79 Å². The zero-order valence-corrected chi connectivity index (χ0v) is 18.7. The Kier molecular flexibility index (Phi) is 6.84. The van der Waals surface area contributed by atoms with Gasteiger partial charge in [0.1, 0.15) is 16.5 Å². The van der Waals surface area contributed by atoms with E-state index in [4.69, 9.17) is 14.5 Å². The summed E-state index contributed by atoms with van der Waals surface area (Å²) in [7, 11) is 1.67. The molecule has 1 fully saturated rings. The van der Waals surface area contributed by atoms with E-state index >= 15 is 0 Å². The molecule has 2 aromatic carbocycles. The molecule has 0 spiro atoms. The number of nitrogens with zero attached hydrogens (tertiary/aromatic N) is 3. The van der Waals surface area contributed by atoms with Gasteiger partial charge in [0.2, 0.25) is 0 Å². The second-order valence-corrected chi connectivity index (χ2v) is 8.30. The zero-order valence-electron chi connectivity index (χ0n) is 17.9. The van der Waals surface area contributed by atoms with E-state index in [0.717, 1.165) is 41.6 Å². The predicted molar refractivity (Wildman–Crippen MR) is 123 cm³/mol. The van der Waals surface area contributed by atoms with Crippen molar-refractivity contribution in [3.8, 4) is 22.8 Å². The van der Waals surface area contributed by atoms with E-state index < -0.39 is 0 Å².